The van der Waals surface area contributed by atoms with Crippen molar-refractivity contribution in [3.8, 4) is 5.75 Å². The van der Waals surface area contributed by atoms with Crippen LogP contribution in [0, 0.1) is 27.9 Å². The minimum absolute atomic E-state index is 0.000865. The highest BCUT2D eigenvalue weighted by Crippen LogP contribution is 2.28. The van der Waals surface area contributed by atoms with Gasteiger partial charge in [0.25, 0.3) is 0 Å². The standard InChI is InChI=1S/C15H23N3O3/c1-11-6-7-13(12(10-11)18(19)20)21-9-5-4-8-15(2,3)14(16)17/h6-7,10H,4-5,8-9H2,1-3H3,(H3,16,17). The van der Waals surface area contributed by atoms with Crippen LogP contribution in [0.5, 0.6) is 5.75 Å². The Balaban J connectivity index is 2.47. The van der Waals surface area contributed by atoms with Crippen molar-refractivity contribution in [2.45, 2.75) is 40.0 Å². The number of unbranched alkanes of at least 4 members (excludes halogenated alkanes) is 1. The number of aryl methyl sites for hydroxylation is 1. The molecule has 0 heterocycles. The summed E-state index contributed by atoms with van der Waals surface area (Å²) in [6, 6.07) is 4.93. The first-order chi connectivity index (χ1) is 9.74. The molecule has 116 valence electrons. The van der Waals surface area contributed by atoms with Crippen LogP contribution in [0.3, 0.4) is 0 Å². The average molecular weight is 293 g/mol. The van der Waals surface area contributed by atoms with Crippen molar-refractivity contribution in [1.29, 1.82) is 5.41 Å². The lowest BCUT2D eigenvalue weighted by Gasteiger charge is -2.22. The van der Waals surface area contributed by atoms with Crippen molar-refractivity contribution >= 4 is 11.5 Å². The first kappa shape index (κ1) is 16.9. The molecule has 1 aromatic carbocycles. The number of nitro benzene ring substituents is 1. The Kier molecular flexibility index (Phi) is 5.69. The highest BCUT2D eigenvalue weighted by Gasteiger charge is 2.21. The fourth-order valence-corrected chi connectivity index (χ4v) is 1.88. The third-order valence-electron chi connectivity index (χ3n) is 3.49. The van der Waals surface area contributed by atoms with E-state index in [2.05, 4.69) is 0 Å². The lowest BCUT2D eigenvalue weighted by Crippen LogP contribution is -2.30. The Morgan fingerprint density at radius 3 is 2.67 bits per heavy atom. The maximum absolute atomic E-state index is 11.0. The number of hydrogen-bond acceptors (Lipinski definition) is 4. The molecule has 0 atom stereocenters. The van der Waals surface area contributed by atoms with Gasteiger partial charge >= 0.3 is 5.69 Å². The molecule has 1 rings (SSSR count). The summed E-state index contributed by atoms with van der Waals surface area (Å²) in [5.74, 6) is 0.481. The van der Waals surface area contributed by atoms with Gasteiger partial charge < -0.3 is 10.5 Å². The molecular weight excluding hydrogens is 270 g/mol. The van der Waals surface area contributed by atoms with E-state index in [0.717, 1.165) is 24.8 Å². The highest BCUT2D eigenvalue weighted by molar-refractivity contribution is 5.82. The van der Waals surface area contributed by atoms with Gasteiger partial charge in [-0.05, 0) is 37.8 Å². The fourth-order valence-electron chi connectivity index (χ4n) is 1.88. The number of amidine groups is 1. The van der Waals surface area contributed by atoms with Crippen LogP contribution < -0.4 is 10.5 Å². The molecule has 6 heteroatoms. The summed E-state index contributed by atoms with van der Waals surface area (Å²) >= 11 is 0. The third kappa shape index (κ3) is 5.06. The predicted octanol–water partition coefficient (Wildman–Crippen LogP) is 3.41. The minimum Gasteiger partial charge on any atom is -0.487 e. The number of rotatable bonds is 8. The molecule has 0 aliphatic heterocycles. The van der Waals surface area contributed by atoms with E-state index in [0.29, 0.717) is 12.4 Å². The van der Waals surface area contributed by atoms with Crippen LogP contribution in [0.25, 0.3) is 0 Å². The second-order valence-corrected chi connectivity index (χ2v) is 5.83. The number of nitrogens with one attached hydrogen (secondary N) is 1. The second-order valence-electron chi connectivity index (χ2n) is 5.83. The average Bonchev–Trinajstić information content (AvgIpc) is 2.39. The monoisotopic (exact) mass is 293 g/mol. The van der Waals surface area contributed by atoms with Gasteiger partial charge in [0.2, 0.25) is 0 Å². The van der Waals surface area contributed by atoms with Gasteiger partial charge in [-0.3, -0.25) is 15.5 Å². The molecule has 6 nitrogen and oxygen atoms in total. The normalized spacial score (nSPS) is 11.2. The van der Waals surface area contributed by atoms with Crippen molar-refractivity contribution in [2.24, 2.45) is 11.1 Å². The molecule has 0 aliphatic carbocycles. The van der Waals surface area contributed by atoms with Gasteiger partial charge in [-0.2, -0.15) is 0 Å². The minimum atomic E-state index is -0.429. The second kappa shape index (κ2) is 7.06. The van der Waals surface area contributed by atoms with E-state index >= 15 is 0 Å². The van der Waals surface area contributed by atoms with Crippen LogP contribution >= 0.6 is 0 Å². The fraction of sp³-hybridized carbons (Fsp3) is 0.533. The van der Waals surface area contributed by atoms with Gasteiger partial charge in [0.05, 0.1) is 17.4 Å². The molecule has 0 aromatic heterocycles. The number of hydrogen-bond donors (Lipinski definition) is 2. The van der Waals surface area contributed by atoms with Crippen molar-refractivity contribution in [2.75, 3.05) is 6.61 Å². The van der Waals surface area contributed by atoms with E-state index in [1.54, 1.807) is 19.1 Å². The SMILES string of the molecule is Cc1ccc(OCCCCC(C)(C)C(=N)N)c([N+](=O)[O-])c1. The largest absolute Gasteiger partial charge is 0.487 e. The first-order valence-corrected chi connectivity index (χ1v) is 6.96. The van der Waals surface area contributed by atoms with Crippen molar-refractivity contribution in [3.63, 3.8) is 0 Å². The maximum Gasteiger partial charge on any atom is 0.311 e. The Morgan fingerprint density at radius 1 is 1.43 bits per heavy atom. The third-order valence-corrected chi connectivity index (χ3v) is 3.49. The molecule has 0 spiro atoms. The van der Waals surface area contributed by atoms with E-state index in [1.807, 2.05) is 13.8 Å². The van der Waals surface area contributed by atoms with Gasteiger partial charge in [0.15, 0.2) is 5.75 Å². The van der Waals surface area contributed by atoms with Crippen LogP contribution in [-0.2, 0) is 0 Å². The van der Waals surface area contributed by atoms with Crippen molar-refractivity contribution in [1.82, 2.24) is 0 Å². The quantitative estimate of drug-likeness (QED) is 0.252. The molecule has 0 amide bonds. The van der Waals surface area contributed by atoms with Crippen LogP contribution in [0.1, 0.15) is 38.7 Å². The molecule has 0 aliphatic rings. The zero-order valence-electron chi connectivity index (χ0n) is 12.8. The molecule has 0 unspecified atom stereocenters. The van der Waals surface area contributed by atoms with Crippen LogP contribution in [-0.4, -0.2) is 17.4 Å². The molecule has 3 N–H and O–H groups in total. The smallest absolute Gasteiger partial charge is 0.311 e. The zero-order valence-corrected chi connectivity index (χ0v) is 12.8. The summed E-state index contributed by atoms with van der Waals surface area (Å²) in [6.07, 6.45) is 2.41. The van der Waals surface area contributed by atoms with Crippen LogP contribution in [0.2, 0.25) is 0 Å². The van der Waals surface area contributed by atoms with Gasteiger partial charge in [0, 0.05) is 11.5 Å². The Morgan fingerprint density at radius 2 is 2.10 bits per heavy atom. The van der Waals surface area contributed by atoms with Gasteiger partial charge in [-0.15, -0.1) is 0 Å². The summed E-state index contributed by atoms with van der Waals surface area (Å²) in [5, 5.41) is 18.4. The molecule has 0 saturated heterocycles. The number of benzene rings is 1. The first-order valence-electron chi connectivity index (χ1n) is 6.96. The Labute approximate surface area is 125 Å². The Hall–Kier alpha value is -2.11. The maximum atomic E-state index is 11.0. The summed E-state index contributed by atoms with van der Waals surface area (Å²) in [5.41, 5.74) is 6.04. The van der Waals surface area contributed by atoms with Crippen molar-refractivity contribution < 1.29 is 9.66 Å². The van der Waals surface area contributed by atoms with Crippen LogP contribution in [0.15, 0.2) is 18.2 Å². The molecule has 0 saturated carbocycles. The molecule has 0 bridgehead atoms. The summed E-state index contributed by atoms with van der Waals surface area (Å²) < 4.78 is 5.50. The van der Waals surface area contributed by atoms with E-state index in [-0.39, 0.29) is 16.9 Å². The summed E-state index contributed by atoms with van der Waals surface area (Å²) in [6.45, 7) is 6.08. The molecule has 0 radical (unpaired) electrons. The number of nitro groups is 1. The molecule has 21 heavy (non-hydrogen) atoms. The highest BCUT2D eigenvalue weighted by atomic mass is 16.6. The topological polar surface area (TPSA) is 102 Å². The summed E-state index contributed by atoms with van der Waals surface area (Å²) in [7, 11) is 0. The van der Waals surface area contributed by atoms with Gasteiger partial charge in [-0.1, -0.05) is 19.9 Å². The van der Waals surface area contributed by atoms with Crippen LogP contribution in [0.4, 0.5) is 5.69 Å². The number of nitrogens with two attached hydrogens (primary N) is 1. The number of nitrogens with zero attached hydrogens (tertiary/aromatic N) is 1. The van der Waals surface area contributed by atoms with Gasteiger partial charge in [0.1, 0.15) is 0 Å². The molecule has 1 aromatic rings. The molecular formula is C15H23N3O3. The van der Waals surface area contributed by atoms with E-state index in [9.17, 15) is 10.1 Å². The lowest BCUT2D eigenvalue weighted by molar-refractivity contribution is -0.385. The molecule has 0 fully saturated rings. The van der Waals surface area contributed by atoms with Crippen molar-refractivity contribution in [3.05, 3.63) is 33.9 Å². The number of ether oxygens (including phenoxy) is 1. The summed E-state index contributed by atoms with van der Waals surface area (Å²) in [4.78, 5) is 10.5. The van der Waals surface area contributed by atoms with E-state index in [4.69, 9.17) is 15.9 Å². The lowest BCUT2D eigenvalue weighted by atomic mass is 9.86. The predicted molar refractivity (Wildman–Crippen MR) is 82.9 cm³/mol. The van der Waals surface area contributed by atoms with E-state index < -0.39 is 4.92 Å². The van der Waals surface area contributed by atoms with Gasteiger partial charge in [-0.25, -0.2) is 0 Å². The zero-order chi connectivity index (χ0) is 16.0. The van der Waals surface area contributed by atoms with E-state index in [1.165, 1.54) is 6.07 Å². The Bertz CT molecular complexity index is 527.